The van der Waals surface area contributed by atoms with Gasteiger partial charge in [-0.3, -0.25) is 5.26 Å². The molecule has 0 radical (unpaired) electrons. The van der Waals surface area contributed by atoms with E-state index in [0.29, 0.717) is 6.61 Å². The van der Waals surface area contributed by atoms with E-state index >= 15 is 0 Å². The summed E-state index contributed by atoms with van der Waals surface area (Å²) in [5.74, 6) is 0. The summed E-state index contributed by atoms with van der Waals surface area (Å²) in [5.41, 5.74) is -0.386. The van der Waals surface area contributed by atoms with Crippen molar-refractivity contribution >= 4 is 0 Å². The minimum atomic E-state index is -1.38. The third-order valence-electron chi connectivity index (χ3n) is 2.44. The summed E-state index contributed by atoms with van der Waals surface area (Å²) >= 11 is 0. The van der Waals surface area contributed by atoms with Crippen molar-refractivity contribution < 1.29 is 25.1 Å². The highest BCUT2D eigenvalue weighted by atomic mass is 17.1. The van der Waals surface area contributed by atoms with Crippen LogP contribution in [0.15, 0.2) is 30.3 Å². The van der Waals surface area contributed by atoms with Crippen LogP contribution in [0.25, 0.3) is 0 Å². The fourth-order valence-corrected chi connectivity index (χ4v) is 1.37. The average molecular weight is 242 g/mol. The molecule has 0 heterocycles. The summed E-state index contributed by atoms with van der Waals surface area (Å²) < 4.78 is 5.33. The highest BCUT2D eigenvalue weighted by Crippen LogP contribution is 2.11. The first-order chi connectivity index (χ1) is 8.20. The molecule has 0 aliphatic heterocycles. The lowest BCUT2D eigenvalue weighted by Crippen LogP contribution is -2.39. The Labute approximate surface area is 100 Å². The molecular weight excluding hydrogens is 224 g/mol. The smallest absolute Gasteiger partial charge is 0.113 e. The average Bonchev–Trinajstić information content (AvgIpc) is 2.38. The van der Waals surface area contributed by atoms with Crippen LogP contribution < -0.4 is 0 Å². The Hall–Kier alpha value is -0.980. The molecule has 3 N–H and O–H groups in total. The molecule has 5 heteroatoms. The quantitative estimate of drug-likeness (QED) is 0.464. The lowest BCUT2D eigenvalue weighted by Gasteiger charge is -2.24. The van der Waals surface area contributed by atoms with Crippen molar-refractivity contribution in [2.24, 2.45) is 0 Å². The molecular formula is C12H18O5. The standard InChI is InChI=1S/C12H18O5/c13-9-12(14,6-7-17-15)10-16-8-11-4-2-1-3-5-11/h1-5,13-15H,6-10H2. The maximum atomic E-state index is 9.86. The molecule has 0 spiro atoms. The predicted molar refractivity (Wildman–Crippen MR) is 61.3 cm³/mol. The maximum absolute atomic E-state index is 9.86. The minimum absolute atomic E-state index is 0.0121. The van der Waals surface area contributed by atoms with Crippen molar-refractivity contribution in [3.63, 3.8) is 0 Å². The van der Waals surface area contributed by atoms with Crippen molar-refractivity contribution in [1.82, 2.24) is 0 Å². The van der Waals surface area contributed by atoms with Crippen molar-refractivity contribution in [3.8, 4) is 0 Å². The zero-order chi connectivity index (χ0) is 12.6. The molecule has 0 aliphatic carbocycles. The van der Waals surface area contributed by atoms with Crippen LogP contribution in [-0.2, 0) is 16.2 Å². The van der Waals surface area contributed by atoms with Crippen molar-refractivity contribution in [3.05, 3.63) is 35.9 Å². The van der Waals surface area contributed by atoms with E-state index in [1.165, 1.54) is 0 Å². The molecule has 17 heavy (non-hydrogen) atoms. The fraction of sp³-hybridized carbons (Fsp3) is 0.500. The van der Waals surface area contributed by atoms with Gasteiger partial charge in [-0.05, 0) is 5.56 Å². The Bertz CT molecular complexity index is 303. The van der Waals surface area contributed by atoms with Gasteiger partial charge in [-0.25, -0.2) is 4.89 Å². The summed E-state index contributed by atoms with van der Waals surface area (Å²) in [7, 11) is 0. The van der Waals surface area contributed by atoms with Gasteiger partial charge in [0, 0.05) is 6.42 Å². The molecule has 0 aliphatic rings. The number of benzene rings is 1. The van der Waals surface area contributed by atoms with Crippen LogP contribution in [0.3, 0.4) is 0 Å². The molecule has 1 aromatic carbocycles. The van der Waals surface area contributed by atoms with Crippen LogP contribution in [0, 0.1) is 0 Å². The summed E-state index contributed by atoms with van der Waals surface area (Å²) in [5, 5.41) is 27.1. The number of hydrogen-bond donors (Lipinski definition) is 3. The molecule has 96 valence electrons. The van der Waals surface area contributed by atoms with Gasteiger partial charge in [-0.15, -0.1) is 0 Å². The van der Waals surface area contributed by atoms with Crippen LogP contribution in [0.1, 0.15) is 12.0 Å². The highest BCUT2D eigenvalue weighted by Gasteiger charge is 2.26. The van der Waals surface area contributed by atoms with Crippen LogP contribution in [0.2, 0.25) is 0 Å². The summed E-state index contributed by atoms with van der Waals surface area (Å²) in [4.78, 5) is 3.88. The summed E-state index contributed by atoms with van der Waals surface area (Å²) in [6.45, 7) is -0.137. The van der Waals surface area contributed by atoms with Crippen molar-refractivity contribution in [2.75, 3.05) is 19.8 Å². The molecule has 0 fully saturated rings. The Kier molecular flexibility index (Phi) is 6.10. The van der Waals surface area contributed by atoms with Gasteiger partial charge in [-0.1, -0.05) is 30.3 Å². The lowest BCUT2D eigenvalue weighted by molar-refractivity contribution is -0.252. The van der Waals surface area contributed by atoms with Crippen molar-refractivity contribution in [2.45, 2.75) is 18.6 Å². The largest absolute Gasteiger partial charge is 0.393 e. The molecule has 0 saturated heterocycles. The third kappa shape index (κ3) is 5.25. The van der Waals surface area contributed by atoms with Crippen molar-refractivity contribution in [1.29, 1.82) is 0 Å². The first kappa shape index (κ1) is 14.1. The molecule has 0 bridgehead atoms. The number of aliphatic hydroxyl groups is 2. The number of rotatable bonds is 8. The Morgan fingerprint density at radius 1 is 1.18 bits per heavy atom. The van der Waals surface area contributed by atoms with Crippen LogP contribution >= 0.6 is 0 Å². The van der Waals surface area contributed by atoms with E-state index in [-0.39, 0.29) is 19.6 Å². The van der Waals surface area contributed by atoms with Gasteiger partial charge < -0.3 is 14.9 Å². The molecule has 1 aromatic rings. The molecule has 5 nitrogen and oxygen atoms in total. The van der Waals surface area contributed by atoms with Gasteiger partial charge in [0.25, 0.3) is 0 Å². The van der Waals surface area contributed by atoms with E-state index < -0.39 is 12.2 Å². The Balaban J connectivity index is 2.32. The first-order valence-corrected chi connectivity index (χ1v) is 5.41. The number of hydrogen-bond acceptors (Lipinski definition) is 5. The monoisotopic (exact) mass is 242 g/mol. The normalized spacial score (nSPS) is 14.5. The first-order valence-electron chi connectivity index (χ1n) is 5.41. The molecule has 0 amide bonds. The fourth-order valence-electron chi connectivity index (χ4n) is 1.37. The molecule has 1 rings (SSSR count). The van der Waals surface area contributed by atoms with E-state index in [1.54, 1.807) is 0 Å². The number of ether oxygens (including phenoxy) is 1. The minimum Gasteiger partial charge on any atom is -0.393 e. The SMILES string of the molecule is OCC(O)(CCOO)COCc1ccccc1. The zero-order valence-corrected chi connectivity index (χ0v) is 9.58. The van der Waals surface area contributed by atoms with E-state index in [4.69, 9.17) is 15.1 Å². The van der Waals surface area contributed by atoms with E-state index in [9.17, 15) is 5.11 Å². The topological polar surface area (TPSA) is 79.2 Å². The van der Waals surface area contributed by atoms with Gasteiger partial charge in [0.2, 0.25) is 0 Å². The molecule has 1 atom stereocenters. The maximum Gasteiger partial charge on any atom is 0.113 e. The lowest BCUT2D eigenvalue weighted by atomic mass is 10.0. The number of aliphatic hydroxyl groups excluding tert-OH is 1. The summed E-state index contributed by atoms with van der Waals surface area (Å²) in [6, 6.07) is 9.53. The molecule has 0 aromatic heterocycles. The third-order valence-corrected chi connectivity index (χ3v) is 2.44. The van der Waals surface area contributed by atoms with Gasteiger partial charge in [0.05, 0.1) is 26.4 Å². The van der Waals surface area contributed by atoms with Gasteiger partial charge in [0.1, 0.15) is 5.60 Å². The van der Waals surface area contributed by atoms with Crippen LogP contribution in [-0.4, -0.2) is 40.9 Å². The Morgan fingerprint density at radius 2 is 1.88 bits per heavy atom. The zero-order valence-electron chi connectivity index (χ0n) is 9.58. The van der Waals surface area contributed by atoms with Gasteiger partial charge in [0.15, 0.2) is 0 Å². The Morgan fingerprint density at radius 3 is 2.47 bits per heavy atom. The van der Waals surface area contributed by atoms with Crippen LogP contribution in [0.5, 0.6) is 0 Å². The second kappa shape index (κ2) is 7.37. The highest BCUT2D eigenvalue weighted by molar-refractivity contribution is 5.13. The van der Waals surface area contributed by atoms with Crippen LogP contribution in [0.4, 0.5) is 0 Å². The molecule has 0 saturated carbocycles. The van der Waals surface area contributed by atoms with E-state index in [1.807, 2.05) is 30.3 Å². The second-order valence-corrected chi connectivity index (χ2v) is 3.94. The van der Waals surface area contributed by atoms with E-state index in [0.717, 1.165) is 5.56 Å². The van der Waals surface area contributed by atoms with Gasteiger partial charge >= 0.3 is 0 Å². The van der Waals surface area contributed by atoms with Gasteiger partial charge in [-0.2, -0.15) is 0 Å². The summed E-state index contributed by atoms with van der Waals surface area (Å²) in [6.07, 6.45) is 0.106. The predicted octanol–water partition coefficient (Wildman–Crippen LogP) is 0.806. The van der Waals surface area contributed by atoms with E-state index in [2.05, 4.69) is 4.89 Å². The second-order valence-electron chi connectivity index (χ2n) is 3.94. The molecule has 1 unspecified atom stereocenters.